The Balaban J connectivity index is 1.84. The van der Waals surface area contributed by atoms with Gasteiger partial charge in [-0.2, -0.15) is 0 Å². The highest BCUT2D eigenvalue weighted by molar-refractivity contribution is 7.80. The van der Waals surface area contributed by atoms with E-state index in [1.807, 2.05) is 0 Å². The predicted octanol–water partition coefficient (Wildman–Crippen LogP) is 4.07. The molecule has 0 fully saturated rings. The van der Waals surface area contributed by atoms with E-state index in [0.29, 0.717) is 41.6 Å². The van der Waals surface area contributed by atoms with Crippen molar-refractivity contribution in [1.29, 1.82) is 0 Å². The number of ether oxygens (including phenoxy) is 1. The molecule has 7 nitrogen and oxygen atoms in total. The molecule has 4 N–H and O–H groups in total. The summed E-state index contributed by atoms with van der Waals surface area (Å²) >= 11 is 10.3. The first kappa shape index (κ1) is 24.2. The number of nitrogens with one attached hydrogen (secondary N) is 4. The average molecular weight is 459 g/mol. The van der Waals surface area contributed by atoms with Crippen molar-refractivity contribution in [2.45, 2.75) is 27.2 Å². The maximum Gasteiger partial charge on any atom is 0.257 e. The van der Waals surface area contributed by atoms with Crippen LogP contribution in [0.15, 0.2) is 48.5 Å². The van der Waals surface area contributed by atoms with Crippen molar-refractivity contribution in [2.75, 3.05) is 17.2 Å². The van der Waals surface area contributed by atoms with Gasteiger partial charge in [0.2, 0.25) is 5.91 Å². The Hall–Kier alpha value is -3.04. The molecule has 0 aliphatic rings. The van der Waals surface area contributed by atoms with E-state index in [2.05, 4.69) is 35.1 Å². The van der Waals surface area contributed by atoms with Gasteiger partial charge in [0.05, 0.1) is 6.61 Å². The summed E-state index contributed by atoms with van der Waals surface area (Å²) in [4.78, 5) is 23.7. The second-order valence-electron chi connectivity index (χ2n) is 7.07. The normalized spacial score (nSPS) is 10.2. The van der Waals surface area contributed by atoms with Gasteiger partial charge in [0.1, 0.15) is 5.75 Å². The summed E-state index contributed by atoms with van der Waals surface area (Å²) in [5.74, 6) is 0.668. The monoisotopic (exact) mass is 458 g/mol. The van der Waals surface area contributed by atoms with Gasteiger partial charge in [-0.25, -0.2) is 0 Å². The first-order valence-corrected chi connectivity index (χ1v) is 10.6. The van der Waals surface area contributed by atoms with Crippen LogP contribution in [0, 0.1) is 5.92 Å². The van der Waals surface area contributed by atoms with Crippen molar-refractivity contribution in [3.05, 3.63) is 54.1 Å². The number of amides is 2. The second-order valence-corrected chi connectivity index (χ2v) is 7.89. The summed E-state index contributed by atoms with van der Waals surface area (Å²) in [5, 5.41) is 11.5. The van der Waals surface area contributed by atoms with Gasteiger partial charge in [-0.05, 0) is 78.9 Å². The highest BCUT2D eigenvalue weighted by Crippen LogP contribution is 2.15. The zero-order valence-corrected chi connectivity index (χ0v) is 19.3. The molecule has 164 valence electrons. The third kappa shape index (κ3) is 8.69. The van der Waals surface area contributed by atoms with Crippen LogP contribution in [0.25, 0.3) is 0 Å². The lowest BCUT2D eigenvalue weighted by atomic mass is 10.2. The molecule has 0 bridgehead atoms. The van der Waals surface area contributed by atoms with Crippen LogP contribution < -0.4 is 26.0 Å². The van der Waals surface area contributed by atoms with Gasteiger partial charge >= 0.3 is 0 Å². The Morgan fingerprint density at radius 3 is 1.87 bits per heavy atom. The number of anilines is 2. The summed E-state index contributed by atoms with van der Waals surface area (Å²) in [6.07, 6.45) is 0.351. The molecule has 2 aromatic carbocycles. The van der Waals surface area contributed by atoms with Gasteiger partial charge < -0.3 is 20.7 Å². The van der Waals surface area contributed by atoms with E-state index in [1.165, 1.54) is 0 Å². The van der Waals surface area contributed by atoms with E-state index in [9.17, 15) is 9.59 Å². The van der Waals surface area contributed by atoms with Gasteiger partial charge in [-0.15, -0.1) is 0 Å². The van der Waals surface area contributed by atoms with E-state index in [-0.39, 0.29) is 22.0 Å². The number of hydrogen-bond donors (Lipinski definition) is 4. The molecule has 0 unspecified atom stereocenters. The van der Waals surface area contributed by atoms with Crippen LogP contribution in [0.5, 0.6) is 5.75 Å². The zero-order chi connectivity index (χ0) is 22.8. The molecular formula is C22H26N4O3S2. The summed E-state index contributed by atoms with van der Waals surface area (Å²) in [6, 6.07) is 14.0. The summed E-state index contributed by atoms with van der Waals surface area (Å²) in [7, 11) is 0. The van der Waals surface area contributed by atoms with Gasteiger partial charge in [0.25, 0.3) is 5.91 Å². The van der Waals surface area contributed by atoms with Crippen LogP contribution in [0.4, 0.5) is 11.4 Å². The van der Waals surface area contributed by atoms with E-state index >= 15 is 0 Å². The van der Waals surface area contributed by atoms with Gasteiger partial charge in [0, 0.05) is 23.4 Å². The molecule has 0 heterocycles. The molecule has 0 spiro atoms. The van der Waals surface area contributed by atoms with Crippen molar-refractivity contribution < 1.29 is 14.3 Å². The highest BCUT2D eigenvalue weighted by atomic mass is 32.1. The lowest BCUT2D eigenvalue weighted by Crippen LogP contribution is -2.34. The predicted molar refractivity (Wildman–Crippen MR) is 132 cm³/mol. The molecule has 0 aliphatic heterocycles. The first-order valence-electron chi connectivity index (χ1n) is 9.83. The number of carbonyl (C=O) groups excluding carboxylic acids is 2. The van der Waals surface area contributed by atoms with Gasteiger partial charge in [-0.3, -0.25) is 14.9 Å². The van der Waals surface area contributed by atoms with Crippen LogP contribution in [0.3, 0.4) is 0 Å². The minimum absolute atomic E-state index is 0.158. The number of thiocarbonyl (C=S) groups is 2. The molecule has 2 aromatic rings. The van der Waals surface area contributed by atoms with Gasteiger partial charge in [-0.1, -0.05) is 20.8 Å². The number of carbonyl (C=O) groups is 2. The Labute approximate surface area is 192 Å². The molecule has 0 saturated heterocycles. The lowest BCUT2D eigenvalue weighted by Gasteiger charge is -2.12. The highest BCUT2D eigenvalue weighted by Gasteiger charge is 2.09. The van der Waals surface area contributed by atoms with Crippen LogP contribution >= 0.6 is 24.4 Å². The van der Waals surface area contributed by atoms with E-state index in [4.69, 9.17) is 29.2 Å². The van der Waals surface area contributed by atoms with Gasteiger partial charge in [0.15, 0.2) is 10.2 Å². The molecule has 0 aromatic heterocycles. The molecule has 0 aliphatic carbocycles. The molecule has 2 amide bonds. The topological polar surface area (TPSA) is 91.5 Å². The third-order valence-corrected chi connectivity index (χ3v) is 4.31. The van der Waals surface area contributed by atoms with Crippen LogP contribution in [0.1, 0.15) is 37.6 Å². The zero-order valence-electron chi connectivity index (χ0n) is 17.7. The van der Waals surface area contributed by atoms with E-state index in [0.717, 1.165) is 0 Å². The average Bonchev–Trinajstić information content (AvgIpc) is 2.73. The maximum absolute atomic E-state index is 12.4. The second kappa shape index (κ2) is 12.0. The van der Waals surface area contributed by atoms with E-state index in [1.54, 1.807) is 55.5 Å². The fourth-order valence-electron chi connectivity index (χ4n) is 2.32. The van der Waals surface area contributed by atoms with Crippen molar-refractivity contribution in [3.8, 4) is 5.75 Å². The van der Waals surface area contributed by atoms with Crippen LogP contribution in [0.2, 0.25) is 0 Å². The Morgan fingerprint density at radius 1 is 0.871 bits per heavy atom. The summed E-state index contributed by atoms with van der Waals surface area (Å²) < 4.78 is 5.62. The standard InChI is InChI=1S/C22H26N4O3S2/c1-4-19(27)25-21(30)23-16-7-9-17(10-8-16)24-22(31)26-20(28)15-5-11-18(12-6-15)29-13-14(2)3/h5-12,14H,4,13H2,1-3H3,(H2,23,25,27,30)(H2,24,26,28,31). The quantitative estimate of drug-likeness (QED) is 0.465. The number of benzene rings is 2. The van der Waals surface area contributed by atoms with Crippen LogP contribution in [-0.4, -0.2) is 28.6 Å². The van der Waals surface area contributed by atoms with Crippen molar-refractivity contribution in [3.63, 3.8) is 0 Å². The molecule has 0 saturated carbocycles. The third-order valence-electron chi connectivity index (χ3n) is 3.90. The van der Waals surface area contributed by atoms with Crippen molar-refractivity contribution in [2.24, 2.45) is 5.92 Å². The molecule has 2 rings (SSSR count). The molecule has 9 heteroatoms. The van der Waals surface area contributed by atoms with Crippen molar-refractivity contribution in [1.82, 2.24) is 10.6 Å². The van der Waals surface area contributed by atoms with E-state index < -0.39 is 0 Å². The molecule has 0 radical (unpaired) electrons. The SMILES string of the molecule is CCC(=O)NC(=S)Nc1ccc(NC(=S)NC(=O)c2ccc(OCC(C)C)cc2)cc1. The molecule has 0 atom stereocenters. The summed E-state index contributed by atoms with van der Waals surface area (Å²) in [5.41, 5.74) is 1.88. The first-order chi connectivity index (χ1) is 14.8. The fourth-order valence-corrected chi connectivity index (χ4v) is 2.76. The Kier molecular flexibility index (Phi) is 9.36. The molecular weight excluding hydrogens is 432 g/mol. The molecule has 31 heavy (non-hydrogen) atoms. The smallest absolute Gasteiger partial charge is 0.257 e. The number of rotatable bonds is 7. The maximum atomic E-state index is 12.4. The van der Waals surface area contributed by atoms with Crippen LogP contribution in [-0.2, 0) is 4.79 Å². The minimum atomic E-state index is -0.316. The fraction of sp³-hybridized carbons (Fsp3) is 0.273. The number of hydrogen-bond acceptors (Lipinski definition) is 5. The summed E-state index contributed by atoms with van der Waals surface area (Å²) in [6.45, 7) is 6.51. The Bertz CT molecular complexity index is 929. The lowest BCUT2D eigenvalue weighted by molar-refractivity contribution is -0.119. The Morgan fingerprint density at radius 2 is 1.39 bits per heavy atom. The largest absolute Gasteiger partial charge is 0.493 e. The van der Waals surface area contributed by atoms with Crippen molar-refractivity contribution >= 4 is 57.8 Å². The minimum Gasteiger partial charge on any atom is -0.493 e.